The molecule has 3 aliphatic rings. The summed E-state index contributed by atoms with van der Waals surface area (Å²) in [5.74, 6) is 1.75. The van der Waals surface area contributed by atoms with E-state index in [2.05, 4.69) is 35.0 Å². The number of piperidine rings is 1. The number of hydrogen-bond donors (Lipinski definition) is 0. The lowest BCUT2D eigenvalue weighted by Gasteiger charge is -2.48. The molecule has 0 N–H and O–H groups in total. The Hall–Kier alpha value is -2.07. The zero-order valence-electron chi connectivity index (χ0n) is 17.0. The summed E-state index contributed by atoms with van der Waals surface area (Å²) in [5, 5.41) is 0. The summed E-state index contributed by atoms with van der Waals surface area (Å²) in [6.45, 7) is 4.52. The number of likely N-dealkylation sites (tertiary alicyclic amines) is 1. The van der Waals surface area contributed by atoms with E-state index in [4.69, 9.17) is 9.47 Å². The molecule has 3 heterocycles. The van der Waals surface area contributed by atoms with Gasteiger partial charge in [-0.3, -0.25) is 0 Å². The number of aryl methyl sites for hydroxylation is 2. The van der Waals surface area contributed by atoms with Crippen LogP contribution in [0.25, 0.3) is 11.1 Å². The molecule has 1 aromatic carbocycles. The Labute approximate surface area is 167 Å². The van der Waals surface area contributed by atoms with Crippen molar-refractivity contribution in [3.8, 4) is 22.8 Å². The predicted molar refractivity (Wildman–Crippen MR) is 111 cm³/mol. The van der Waals surface area contributed by atoms with E-state index in [1.165, 1.54) is 61.9 Å². The molecule has 1 saturated heterocycles. The molecule has 1 aliphatic carbocycles. The van der Waals surface area contributed by atoms with Gasteiger partial charge in [0.05, 0.1) is 7.11 Å². The van der Waals surface area contributed by atoms with E-state index in [9.17, 15) is 0 Å². The zero-order chi connectivity index (χ0) is 19.1. The van der Waals surface area contributed by atoms with E-state index in [1.807, 2.05) is 12.3 Å². The van der Waals surface area contributed by atoms with Gasteiger partial charge in [-0.15, -0.1) is 0 Å². The number of pyridine rings is 1. The van der Waals surface area contributed by atoms with Gasteiger partial charge < -0.3 is 14.4 Å². The number of fused-ring (bicyclic) bond motifs is 1. The molecule has 0 radical (unpaired) electrons. The van der Waals surface area contributed by atoms with Crippen LogP contribution in [0, 0.1) is 6.92 Å². The molecular weight excluding hydrogens is 348 g/mol. The summed E-state index contributed by atoms with van der Waals surface area (Å²) >= 11 is 0. The van der Waals surface area contributed by atoms with Gasteiger partial charge in [-0.2, -0.15) is 0 Å². The molecule has 5 rings (SSSR count). The maximum absolute atomic E-state index is 6.64. The van der Waals surface area contributed by atoms with Crippen molar-refractivity contribution in [3.63, 3.8) is 0 Å². The second-order valence-electron chi connectivity index (χ2n) is 8.77. The van der Waals surface area contributed by atoms with Gasteiger partial charge in [0.1, 0.15) is 11.4 Å². The normalized spacial score (nSPS) is 21.6. The van der Waals surface area contributed by atoms with Gasteiger partial charge in [-0.25, -0.2) is 4.98 Å². The van der Waals surface area contributed by atoms with Gasteiger partial charge in [0.15, 0.2) is 0 Å². The van der Waals surface area contributed by atoms with Crippen molar-refractivity contribution in [2.45, 2.75) is 63.5 Å². The first-order chi connectivity index (χ1) is 13.7. The van der Waals surface area contributed by atoms with Gasteiger partial charge in [0.25, 0.3) is 0 Å². The van der Waals surface area contributed by atoms with Gasteiger partial charge in [0.2, 0.25) is 5.88 Å². The molecule has 4 heteroatoms. The molecule has 1 aromatic heterocycles. The summed E-state index contributed by atoms with van der Waals surface area (Å²) in [7, 11) is 1.66. The van der Waals surface area contributed by atoms with Crippen LogP contribution >= 0.6 is 0 Å². The van der Waals surface area contributed by atoms with Crippen LogP contribution in [0.2, 0.25) is 0 Å². The molecule has 0 bridgehead atoms. The molecule has 0 atom stereocenters. The predicted octanol–water partition coefficient (Wildman–Crippen LogP) is 4.78. The third-order valence-electron chi connectivity index (χ3n) is 7.14. The van der Waals surface area contributed by atoms with Crippen LogP contribution in [0.15, 0.2) is 30.5 Å². The van der Waals surface area contributed by atoms with Gasteiger partial charge >= 0.3 is 0 Å². The highest BCUT2D eigenvalue weighted by atomic mass is 16.5. The van der Waals surface area contributed by atoms with Crippen LogP contribution in [0.1, 0.15) is 49.7 Å². The molecule has 0 amide bonds. The first-order valence-electron chi connectivity index (χ1n) is 10.7. The molecule has 148 valence electrons. The largest absolute Gasteiger partial charge is 0.487 e. The first kappa shape index (κ1) is 18.0. The third-order valence-corrected chi connectivity index (χ3v) is 7.14. The molecular formula is C24H30N2O2. The van der Waals surface area contributed by atoms with Crippen LogP contribution in [0.5, 0.6) is 11.6 Å². The Balaban J connectivity index is 1.32. The van der Waals surface area contributed by atoms with Crippen molar-refractivity contribution in [2.75, 3.05) is 20.2 Å². The van der Waals surface area contributed by atoms with Crippen molar-refractivity contribution >= 4 is 0 Å². The van der Waals surface area contributed by atoms with E-state index in [-0.39, 0.29) is 5.60 Å². The van der Waals surface area contributed by atoms with Crippen LogP contribution in [0.4, 0.5) is 0 Å². The van der Waals surface area contributed by atoms with Gasteiger partial charge in [-0.05, 0) is 74.3 Å². The molecule has 1 spiro atoms. The third kappa shape index (κ3) is 3.18. The number of benzene rings is 1. The highest BCUT2D eigenvalue weighted by Gasteiger charge is 2.41. The van der Waals surface area contributed by atoms with Gasteiger partial charge in [-0.1, -0.05) is 12.5 Å². The smallest absolute Gasteiger partial charge is 0.213 e. The Morgan fingerprint density at radius 1 is 1.14 bits per heavy atom. The summed E-state index contributed by atoms with van der Waals surface area (Å²) in [6, 6.07) is 9.50. The minimum absolute atomic E-state index is 0.0619. The van der Waals surface area contributed by atoms with Crippen molar-refractivity contribution < 1.29 is 9.47 Å². The lowest BCUT2D eigenvalue weighted by Crippen LogP contribution is -2.53. The standard InChI is InChI=1S/C24H30N2O2/c1-17-14-23(27-2)25-16-21(17)18-6-7-22-19(15-18)8-9-24(28-22)10-12-26(13-11-24)20-4-3-5-20/h6-7,14-16,20H,3-5,8-13H2,1-2H3. The van der Waals surface area contributed by atoms with Crippen molar-refractivity contribution in [3.05, 3.63) is 41.6 Å². The van der Waals surface area contributed by atoms with E-state index in [0.717, 1.165) is 30.2 Å². The second-order valence-corrected chi connectivity index (χ2v) is 8.77. The van der Waals surface area contributed by atoms with E-state index in [1.54, 1.807) is 7.11 Å². The number of rotatable bonds is 3. The summed E-state index contributed by atoms with van der Waals surface area (Å²) in [4.78, 5) is 7.09. The zero-order valence-corrected chi connectivity index (χ0v) is 17.0. The average Bonchev–Trinajstić information content (AvgIpc) is 2.68. The summed E-state index contributed by atoms with van der Waals surface area (Å²) in [6.07, 6.45) is 10.7. The maximum Gasteiger partial charge on any atom is 0.213 e. The Morgan fingerprint density at radius 2 is 1.96 bits per heavy atom. The Morgan fingerprint density at radius 3 is 2.64 bits per heavy atom. The minimum Gasteiger partial charge on any atom is -0.487 e. The molecule has 1 saturated carbocycles. The van der Waals surface area contributed by atoms with E-state index >= 15 is 0 Å². The molecule has 2 aromatic rings. The second kappa shape index (κ2) is 7.07. The van der Waals surface area contributed by atoms with Crippen LogP contribution in [0.3, 0.4) is 0 Å². The van der Waals surface area contributed by atoms with Crippen molar-refractivity contribution in [1.29, 1.82) is 0 Å². The first-order valence-corrected chi connectivity index (χ1v) is 10.7. The fourth-order valence-electron chi connectivity index (χ4n) is 5.03. The Bertz CT molecular complexity index is 867. The SMILES string of the molecule is COc1cc(C)c(-c2ccc3c(c2)CCC2(CCN(C4CCC4)CC2)O3)cn1. The Kier molecular flexibility index (Phi) is 4.54. The summed E-state index contributed by atoms with van der Waals surface area (Å²) < 4.78 is 11.9. The lowest BCUT2D eigenvalue weighted by molar-refractivity contribution is -0.0336. The minimum atomic E-state index is 0.0619. The maximum atomic E-state index is 6.64. The molecule has 28 heavy (non-hydrogen) atoms. The van der Waals surface area contributed by atoms with Crippen LogP contribution in [-0.2, 0) is 6.42 Å². The van der Waals surface area contributed by atoms with Crippen molar-refractivity contribution in [2.24, 2.45) is 0 Å². The quantitative estimate of drug-likeness (QED) is 0.770. The average molecular weight is 379 g/mol. The molecule has 0 unspecified atom stereocenters. The number of ether oxygens (including phenoxy) is 2. The number of methoxy groups -OCH3 is 1. The molecule has 2 aliphatic heterocycles. The summed E-state index contributed by atoms with van der Waals surface area (Å²) in [5.41, 5.74) is 4.96. The number of hydrogen-bond acceptors (Lipinski definition) is 4. The number of nitrogens with zero attached hydrogens (tertiary/aromatic N) is 2. The van der Waals surface area contributed by atoms with E-state index < -0.39 is 0 Å². The fraction of sp³-hybridized carbons (Fsp3) is 0.542. The fourth-order valence-corrected chi connectivity index (χ4v) is 5.03. The number of aromatic nitrogens is 1. The van der Waals surface area contributed by atoms with Crippen molar-refractivity contribution in [1.82, 2.24) is 9.88 Å². The highest BCUT2D eigenvalue weighted by molar-refractivity contribution is 5.68. The molecule has 2 fully saturated rings. The topological polar surface area (TPSA) is 34.6 Å². The van der Waals surface area contributed by atoms with Crippen LogP contribution < -0.4 is 9.47 Å². The lowest BCUT2D eigenvalue weighted by atomic mass is 9.81. The highest BCUT2D eigenvalue weighted by Crippen LogP contribution is 2.42. The monoisotopic (exact) mass is 378 g/mol. The van der Waals surface area contributed by atoms with Gasteiger partial charge in [0, 0.05) is 37.0 Å². The molecule has 4 nitrogen and oxygen atoms in total. The van der Waals surface area contributed by atoms with E-state index in [0.29, 0.717) is 5.88 Å². The van der Waals surface area contributed by atoms with Crippen LogP contribution in [-0.4, -0.2) is 41.7 Å².